The van der Waals surface area contributed by atoms with Crippen LogP contribution in [-0.2, 0) is 0 Å². The number of fused-ring (bicyclic) bond motifs is 2. The first-order chi connectivity index (χ1) is 16.1. The van der Waals surface area contributed by atoms with E-state index in [1.54, 1.807) is 17.7 Å². The summed E-state index contributed by atoms with van der Waals surface area (Å²) < 4.78 is 1.84. The second-order valence-corrected chi connectivity index (χ2v) is 10.2. The fraction of sp³-hybridized carbons (Fsp3) is 0.217. The zero-order valence-electron chi connectivity index (χ0n) is 17.7. The molecule has 1 saturated heterocycles. The lowest BCUT2D eigenvalue weighted by molar-refractivity contribution is 0.0751. The van der Waals surface area contributed by atoms with Crippen LogP contribution < -0.4 is 4.90 Å². The molecule has 1 aliphatic heterocycles. The van der Waals surface area contributed by atoms with Gasteiger partial charge in [-0.1, -0.05) is 23.7 Å². The molecule has 0 bridgehead atoms. The van der Waals surface area contributed by atoms with E-state index in [0.717, 1.165) is 55.6 Å². The highest BCUT2D eigenvalue weighted by Crippen LogP contribution is 2.33. The van der Waals surface area contributed by atoms with E-state index in [0.29, 0.717) is 18.1 Å². The maximum Gasteiger partial charge on any atom is 0.264 e. The number of hydrogen-bond acceptors (Lipinski definition) is 7. The molecular formula is C23H19ClN6OS2. The molecule has 166 valence electrons. The number of carbonyl (C=O) groups excluding carboxylic acids is 1. The summed E-state index contributed by atoms with van der Waals surface area (Å²) in [4.78, 5) is 29.0. The molecule has 0 atom stereocenters. The number of amides is 1. The van der Waals surface area contributed by atoms with Gasteiger partial charge >= 0.3 is 0 Å². The number of halogens is 1. The molecule has 0 radical (unpaired) electrons. The van der Waals surface area contributed by atoms with Crippen molar-refractivity contribution in [1.29, 1.82) is 0 Å². The molecule has 5 aromatic rings. The normalized spacial score (nSPS) is 14.5. The van der Waals surface area contributed by atoms with E-state index >= 15 is 0 Å². The lowest BCUT2D eigenvalue weighted by Gasteiger charge is -2.35. The van der Waals surface area contributed by atoms with Crippen LogP contribution >= 0.6 is 34.3 Å². The minimum atomic E-state index is 0.0596. The Morgan fingerprint density at radius 3 is 2.70 bits per heavy atom. The van der Waals surface area contributed by atoms with Gasteiger partial charge in [-0.15, -0.1) is 22.7 Å². The average Bonchev–Trinajstić information content (AvgIpc) is 3.56. The molecule has 1 aliphatic rings. The lowest BCUT2D eigenvalue weighted by Crippen LogP contribution is -2.49. The van der Waals surface area contributed by atoms with E-state index in [9.17, 15) is 4.79 Å². The summed E-state index contributed by atoms with van der Waals surface area (Å²) in [5, 5.41) is 9.39. The quantitative estimate of drug-likeness (QED) is 0.352. The number of hydrogen-bond donors (Lipinski definition) is 0. The summed E-state index contributed by atoms with van der Waals surface area (Å²) >= 11 is 9.49. The van der Waals surface area contributed by atoms with Gasteiger partial charge in [0.2, 0.25) is 0 Å². The molecule has 33 heavy (non-hydrogen) atoms. The van der Waals surface area contributed by atoms with Crippen LogP contribution in [0.4, 0.5) is 5.82 Å². The third kappa shape index (κ3) is 3.47. The number of benzene rings is 1. The third-order valence-corrected chi connectivity index (χ3v) is 8.18. The Bertz CT molecular complexity index is 1500. The lowest BCUT2D eigenvalue weighted by atomic mass is 10.2. The number of aryl methyl sites for hydroxylation is 1. The molecule has 4 aromatic heterocycles. The monoisotopic (exact) mass is 494 g/mol. The molecule has 6 rings (SSSR count). The van der Waals surface area contributed by atoms with Crippen molar-refractivity contribution in [3.63, 3.8) is 0 Å². The fourth-order valence-corrected chi connectivity index (χ4v) is 6.33. The predicted molar refractivity (Wildman–Crippen MR) is 134 cm³/mol. The van der Waals surface area contributed by atoms with Crippen molar-refractivity contribution in [2.24, 2.45) is 0 Å². The molecule has 0 aliphatic carbocycles. The Balaban J connectivity index is 1.24. The first-order valence-electron chi connectivity index (χ1n) is 10.6. The molecule has 5 heterocycles. The number of para-hydroxylation sites is 1. The van der Waals surface area contributed by atoms with Gasteiger partial charge < -0.3 is 9.80 Å². The number of rotatable bonds is 3. The van der Waals surface area contributed by atoms with Crippen molar-refractivity contribution in [2.45, 2.75) is 6.92 Å². The Morgan fingerprint density at radius 1 is 1.06 bits per heavy atom. The molecular weight excluding hydrogens is 476 g/mol. The number of nitrogens with zero attached hydrogens (tertiary/aromatic N) is 6. The van der Waals surface area contributed by atoms with Crippen LogP contribution in [0.3, 0.4) is 0 Å². The predicted octanol–water partition coefficient (Wildman–Crippen LogP) is 5.02. The van der Waals surface area contributed by atoms with Gasteiger partial charge in [0.05, 0.1) is 26.7 Å². The third-order valence-electron chi connectivity index (χ3n) is 5.94. The van der Waals surface area contributed by atoms with Crippen molar-refractivity contribution in [2.75, 3.05) is 31.1 Å². The molecule has 1 fully saturated rings. The number of piperazine rings is 1. The van der Waals surface area contributed by atoms with Crippen LogP contribution in [0.5, 0.6) is 0 Å². The van der Waals surface area contributed by atoms with Gasteiger partial charge in [-0.2, -0.15) is 5.10 Å². The molecule has 0 N–H and O–H groups in total. The van der Waals surface area contributed by atoms with Crippen molar-refractivity contribution in [3.8, 4) is 5.69 Å². The highest BCUT2D eigenvalue weighted by Gasteiger charge is 2.26. The van der Waals surface area contributed by atoms with Crippen molar-refractivity contribution < 1.29 is 4.79 Å². The highest BCUT2D eigenvalue weighted by atomic mass is 35.5. The number of aromatic nitrogens is 4. The van der Waals surface area contributed by atoms with E-state index < -0.39 is 0 Å². The van der Waals surface area contributed by atoms with Gasteiger partial charge in [0.25, 0.3) is 5.91 Å². The number of anilines is 1. The number of carbonyl (C=O) groups is 1. The van der Waals surface area contributed by atoms with E-state index in [1.807, 2.05) is 52.2 Å². The topological polar surface area (TPSA) is 67.2 Å². The molecule has 0 saturated carbocycles. The van der Waals surface area contributed by atoms with Gasteiger partial charge in [-0.05, 0) is 36.6 Å². The Labute approximate surface area is 202 Å². The molecule has 1 amide bonds. The maximum absolute atomic E-state index is 13.3. The summed E-state index contributed by atoms with van der Waals surface area (Å²) in [6, 6.07) is 11.6. The van der Waals surface area contributed by atoms with E-state index in [-0.39, 0.29) is 5.91 Å². The summed E-state index contributed by atoms with van der Waals surface area (Å²) in [5.74, 6) is 1.01. The summed E-state index contributed by atoms with van der Waals surface area (Å²) in [6.45, 7) is 4.75. The fourth-order valence-electron chi connectivity index (χ4n) is 4.25. The second-order valence-electron chi connectivity index (χ2n) is 7.89. The first-order valence-corrected chi connectivity index (χ1v) is 12.6. The summed E-state index contributed by atoms with van der Waals surface area (Å²) in [5.41, 5.74) is 1.70. The van der Waals surface area contributed by atoms with Gasteiger partial charge in [0.1, 0.15) is 21.8 Å². The Kier molecular flexibility index (Phi) is 5.05. The zero-order valence-corrected chi connectivity index (χ0v) is 20.1. The van der Waals surface area contributed by atoms with Crippen LogP contribution in [0, 0.1) is 6.92 Å². The van der Waals surface area contributed by atoms with Crippen LogP contribution in [-0.4, -0.2) is 56.7 Å². The molecule has 0 spiro atoms. The van der Waals surface area contributed by atoms with Gasteiger partial charge in [0.15, 0.2) is 0 Å². The standard InChI is InChI=1S/C23H19ClN6OS2/c1-14-16-12-19(33-23(16)30(27-14)18-5-3-2-4-17(18)24)22(31)29-9-7-28(8-10-29)20-15-6-11-32-21(15)26-13-25-20/h2-6,11-13H,7-10H2,1H3. The molecule has 10 heteroatoms. The zero-order chi connectivity index (χ0) is 22.5. The molecule has 7 nitrogen and oxygen atoms in total. The van der Waals surface area contributed by atoms with Gasteiger partial charge in [-0.25, -0.2) is 14.6 Å². The van der Waals surface area contributed by atoms with Crippen molar-refractivity contribution in [3.05, 3.63) is 63.7 Å². The maximum atomic E-state index is 13.3. The largest absolute Gasteiger partial charge is 0.352 e. The highest BCUT2D eigenvalue weighted by molar-refractivity contribution is 7.20. The van der Waals surface area contributed by atoms with Crippen LogP contribution in [0.1, 0.15) is 15.4 Å². The molecule has 1 aromatic carbocycles. The van der Waals surface area contributed by atoms with Gasteiger partial charge in [-0.3, -0.25) is 4.79 Å². The Hall–Kier alpha value is -3.01. The van der Waals surface area contributed by atoms with E-state index in [4.69, 9.17) is 11.6 Å². The van der Waals surface area contributed by atoms with Crippen LogP contribution in [0.2, 0.25) is 5.02 Å². The Morgan fingerprint density at radius 2 is 1.88 bits per heavy atom. The minimum Gasteiger partial charge on any atom is -0.352 e. The molecule has 0 unspecified atom stereocenters. The van der Waals surface area contributed by atoms with Crippen molar-refractivity contribution in [1.82, 2.24) is 24.6 Å². The average molecular weight is 495 g/mol. The second kappa shape index (κ2) is 8.09. The van der Waals surface area contributed by atoms with Crippen LogP contribution in [0.25, 0.3) is 26.1 Å². The van der Waals surface area contributed by atoms with E-state index in [1.165, 1.54) is 11.3 Å². The summed E-state index contributed by atoms with van der Waals surface area (Å²) in [6.07, 6.45) is 1.62. The number of thiophene rings is 2. The van der Waals surface area contributed by atoms with Gasteiger partial charge in [0, 0.05) is 31.6 Å². The smallest absolute Gasteiger partial charge is 0.264 e. The summed E-state index contributed by atoms with van der Waals surface area (Å²) in [7, 11) is 0. The van der Waals surface area contributed by atoms with E-state index in [2.05, 4.69) is 26.0 Å². The minimum absolute atomic E-state index is 0.0596. The van der Waals surface area contributed by atoms with Crippen molar-refractivity contribution >= 4 is 66.4 Å². The van der Waals surface area contributed by atoms with Crippen LogP contribution in [0.15, 0.2) is 48.1 Å². The first kappa shape index (κ1) is 20.6. The SMILES string of the molecule is Cc1nn(-c2ccccc2Cl)c2sc(C(=O)N3CCN(c4ncnc5sccc45)CC3)cc12.